The molecule has 0 heterocycles. The fourth-order valence-corrected chi connectivity index (χ4v) is 2.31. The van der Waals surface area contributed by atoms with Crippen molar-refractivity contribution in [3.05, 3.63) is 66.7 Å². The van der Waals surface area contributed by atoms with Gasteiger partial charge in [-0.1, -0.05) is 6.07 Å². The van der Waals surface area contributed by atoms with Gasteiger partial charge in [0.1, 0.15) is 11.5 Å². The molecule has 140 valence electrons. The van der Waals surface area contributed by atoms with Crippen molar-refractivity contribution in [3.8, 4) is 11.5 Å². The summed E-state index contributed by atoms with van der Waals surface area (Å²) in [6.07, 6.45) is 1.03. The number of nitrogens with zero attached hydrogens (tertiary/aromatic N) is 3. The highest BCUT2D eigenvalue weighted by atomic mass is 79.9. The van der Waals surface area contributed by atoms with Gasteiger partial charge in [-0.25, -0.2) is 5.43 Å². The van der Waals surface area contributed by atoms with Crippen molar-refractivity contribution in [3.63, 3.8) is 0 Å². The molecule has 2 rings (SSSR count). The summed E-state index contributed by atoms with van der Waals surface area (Å²) in [5.41, 5.74) is 1.66. The van der Waals surface area contributed by atoms with Crippen molar-refractivity contribution in [1.29, 1.82) is 0 Å². The Hall–Kier alpha value is -3.54. The van der Waals surface area contributed by atoms with Gasteiger partial charge in [-0.15, -0.1) is 0 Å². The van der Waals surface area contributed by atoms with Crippen LogP contribution in [0.2, 0.25) is 0 Å². The van der Waals surface area contributed by atoms with E-state index in [4.69, 9.17) is 4.74 Å². The number of ether oxygens (including phenoxy) is 1. The molecule has 2 aromatic rings. The highest BCUT2D eigenvalue weighted by Crippen LogP contribution is 2.31. The predicted octanol–water partition coefficient (Wildman–Crippen LogP) is 2.50. The molecule has 1 amide bonds. The van der Waals surface area contributed by atoms with E-state index in [1.54, 1.807) is 0 Å². The molecule has 2 aromatic carbocycles. The number of rotatable bonds is 7. The number of carbonyl (C=O) groups is 1. The monoisotopic (exact) mass is 438 g/mol. The molecule has 11 nitrogen and oxygen atoms in total. The molecule has 0 atom stereocenters. The average molecular weight is 439 g/mol. The van der Waals surface area contributed by atoms with Crippen LogP contribution in [0.3, 0.4) is 0 Å². The second kappa shape index (κ2) is 8.71. The molecule has 0 aliphatic heterocycles. The zero-order valence-corrected chi connectivity index (χ0v) is 15.0. The first-order valence-corrected chi connectivity index (χ1v) is 7.93. The fourth-order valence-electron chi connectivity index (χ4n) is 1.85. The Balaban J connectivity index is 1.97. The topological polar surface area (TPSA) is 157 Å². The number of nitrogens with one attached hydrogen (secondary N) is 1. The zero-order valence-electron chi connectivity index (χ0n) is 13.4. The normalized spacial score (nSPS) is 10.6. The smallest absolute Gasteiger partial charge is 0.277 e. The Morgan fingerprint density at radius 3 is 2.59 bits per heavy atom. The third-order valence-corrected chi connectivity index (χ3v) is 3.68. The van der Waals surface area contributed by atoms with Crippen LogP contribution in [-0.2, 0) is 4.79 Å². The number of phenolic OH excluding ortho intramolecular Hbond substituents is 1. The van der Waals surface area contributed by atoms with Crippen molar-refractivity contribution in [2.24, 2.45) is 5.10 Å². The summed E-state index contributed by atoms with van der Waals surface area (Å²) in [6.45, 7) is -0.469. The van der Waals surface area contributed by atoms with Gasteiger partial charge < -0.3 is 9.84 Å². The molecule has 0 fully saturated rings. The summed E-state index contributed by atoms with van der Waals surface area (Å²) in [4.78, 5) is 31.9. The number of hydrogen-bond donors (Lipinski definition) is 2. The van der Waals surface area contributed by atoms with Gasteiger partial charge in [0, 0.05) is 23.8 Å². The molecular formula is C15H11BrN4O7. The van der Waals surface area contributed by atoms with Crippen molar-refractivity contribution in [1.82, 2.24) is 5.43 Å². The summed E-state index contributed by atoms with van der Waals surface area (Å²) in [5, 5.41) is 34.9. The quantitative estimate of drug-likeness (QED) is 0.381. The lowest BCUT2D eigenvalue weighted by Crippen LogP contribution is -2.24. The van der Waals surface area contributed by atoms with E-state index in [0.717, 1.165) is 24.4 Å². The molecule has 0 saturated heterocycles. The number of non-ortho nitro benzene ring substituents is 2. The molecule has 0 bridgehead atoms. The Bertz CT molecular complexity index is 932. The van der Waals surface area contributed by atoms with Gasteiger partial charge >= 0.3 is 0 Å². The van der Waals surface area contributed by atoms with Gasteiger partial charge in [-0.05, 0) is 22.0 Å². The van der Waals surface area contributed by atoms with Gasteiger partial charge in [0.15, 0.2) is 6.61 Å². The van der Waals surface area contributed by atoms with Gasteiger partial charge in [-0.3, -0.25) is 25.0 Å². The van der Waals surface area contributed by atoms with E-state index in [1.807, 2.05) is 0 Å². The van der Waals surface area contributed by atoms with Crippen LogP contribution in [0.5, 0.6) is 11.5 Å². The molecule has 0 aromatic heterocycles. The molecule has 27 heavy (non-hydrogen) atoms. The number of halogens is 1. The highest BCUT2D eigenvalue weighted by Gasteiger charge is 2.14. The van der Waals surface area contributed by atoms with E-state index in [0.29, 0.717) is 0 Å². The molecule has 0 aliphatic carbocycles. The minimum atomic E-state index is -0.679. The zero-order chi connectivity index (χ0) is 20.0. The van der Waals surface area contributed by atoms with Gasteiger partial charge in [0.05, 0.1) is 26.6 Å². The first kappa shape index (κ1) is 19.8. The van der Waals surface area contributed by atoms with Crippen molar-refractivity contribution in [2.75, 3.05) is 6.61 Å². The third kappa shape index (κ3) is 5.47. The molecule has 0 saturated carbocycles. The van der Waals surface area contributed by atoms with Crippen LogP contribution in [0.1, 0.15) is 5.56 Å². The van der Waals surface area contributed by atoms with Gasteiger partial charge in [0.25, 0.3) is 17.3 Å². The fraction of sp³-hybridized carbons (Fsp3) is 0.0667. The lowest BCUT2D eigenvalue weighted by molar-refractivity contribution is -0.385. The summed E-state index contributed by atoms with van der Waals surface area (Å²) >= 11 is 2.98. The number of aromatic hydroxyl groups is 1. The van der Waals surface area contributed by atoms with E-state index >= 15 is 0 Å². The minimum Gasteiger partial charge on any atom is -0.506 e. The van der Waals surface area contributed by atoms with Crippen LogP contribution in [0.25, 0.3) is 0 Å². The molecular weight excluding hydrogens is 428 g/mol. The van der Waals surface area contributed by atoms with Crippen molar-refractivity contribution in [2.45, 2.75) is 0 Å². The minimum absolute atomic E-state index is 0.0102. The van der Waals surface area contributed by atoms with Crippen LogP contribution in [0, 0.1) is 20.2 Å². The van der Waals surface area contributed by atoms with E-state index in [2.05, 4.69) is 26.5 Å². The van der Waals surface area contributed by atoms with Crippen LogP contribution in [-0.4, -0.2) is 33.7 Å². The van der Waals surface area contributed by atoms with E-state index < -0.39 is 22.4 Å². The summed E-state index contributed by atoms with van der Waals surface area (Å²) in [5.74, 6) is -0.836. The Morgan fingerprint density at radius 1 is 1.22 bits per heavy atom. The van der Waals surface area contributed by atoms with Crippen molar-refractivity contribution >= 4 is 39.4 Å². The Labute approximate surface area is 159 Å². The van der Waals surface area contributed by atoms with Gasteiger partial charge in [-0.2, -0.15) is 5.10 Å². The molecule has 0 unspecified atom stereocenters. The third-order valence-electron chi connectivity index (χ3n) is 3.08. The number of phenols is 1. The van der Waals surface area contributed by atoms with E-state index in [9.17, 15) is 30.1 Å². The highest BCUT2D eigenvalue weighted by molar-refractivity contribution is 9.10. The molecule has 0 aliphatic rings. The number of amides is 1. The Morgan fingerprint density at radius 2 is 1.93 bits per heavy atom. The number of carbonyl (C=O) groups excluding carboxylic acids is 1. The second-order valence-electron chi connectivity index (χ2n) is 4.96. The molecule has 12 heteroatoms. The lowest BCUT2D eigenvalue weighted by atomic mass is 10.2. The van der Waals surface area contributed by atoms with Crippen LogP contribution >= 0.6 is 15.9 Å². The molecule has 2 N–H and O–H groups in total. The average Bonchev–Trinajstić information content (AvgIpc) is 2.63. The number of benzene rings is 2. The predicted molar refractivity (Wildman–Crippen MR) is 96.8 cm³/mol. The van der Waals surface area contributed by atoms with Gasteiger partial charge in [0.2, 0.25) is 0 Å². The largest absolute Gasteiger partial charge is 0.506 e. The van der Waals surface area contributed by atoms with Crippen LogP contribution < -0.4 is 10.2 Å². The number of nitro groups is 2. The molecule has 0 spiro atoms. The Kier molecular flexibility index (Phi) is 6.38. The summed E-state index contributed by atoms with van der Waals surface area (Å²) < 4.78 is 5.21. The van der Waals surface area contributed by atoms with Crippen molar-refractivity contribution < 1.29 is 24.5 Å². The molecule has 0 radical (unpaired) electrons. The maximum Gasteiger partial charge on any atom is 0.277 e. The summed E-state index contributed by atoms with van der Waals surface area (Å²) in [7, 11) is 0. The van der Waals surface area contributed by atoms with Crippen LogP contribution in [0.4, 0.5) is 11.4 Å². The maximum atomic E-state index is 11.7. The number of hydrogen-bond acceptors (Lipinski definition) is 8. The van der Waals surface area contributed by atoms with Crippen LogP contribution in [0.15, 0.2) is 46.0 Å². The van der Waals surface area contributed by atoms with E-state index in [1.165, 1.54) is 18.2 Å². The first-order chi connectivity index (χ1) is 12.8. The second-order valence-corrected chi connectivity index (χ2v) is 5.81. The maximum absolute atomic E-state index is 11.7. The first-order valence-electron chi connectivity index (χ1n) is 7.14. The number of nitro benzene ring substituents is 2. The number of hydrazone groups is 1. The lowest BCUT2D eigenvalue weighted by Gasteiger charge is -2.05. The SMILES string of the molecule is O=C(COc1cccc([N+](=O)[O-])c1)NN=Cc1cc([N+](=O)[O-])cc(Br)c1O. The van der Waals surface area contributed by atoms with E-state index in [-0.39, 0.29) is 32.9 Å². The standard InChI is InChI=1S/C15H11BrN4O7/c16-13-6-11(20(25)26)4-9(15(13)22)7-17-18-14(21)8-27-12-3-1-2-10(5-12)19(23)24/h1-7,22H,8H2,(H,18,21). The summed E-state index contributed by atoms with van der Waals surface area (Å²) in [6, 6.07) is 7.50.